The molecule has 3 nitrogen and oxygen atoms in total. The number of aliphatic hydroxyl groups excluding tert-OH is 1. The number of rotatable bonds is 6. The number of hydrogen-bond acceptors (Lipinski definition) is 3. The van der Waals surface area contributed by atoms with Crippen molar-refractivity contribution in [1.29, 1.82) is 0 Å². The normalized spacial score (nSPS) is 11.6. The zero-order valence-electron chi connectivity index (χ0n) is 12.2. The van der Waals surface area contributed by atoms with E-state index in [4.69, 9.17) is 0 Å². The van der Waals surface area contributed by atoms with E-state index in [9.17, 15) is 27.1 Å². The molecule has 0 saturated heterocycles. The Morgan fingerprint density at radius 3 is 2.33 bits per heavy atom. The summed E-state index contributed by atoms with van der Waals surface area (Å²) in [5.74, 6) is -1.17. The molecule has 0 unspecified atom stereocenters. The number of benzene rings is 2. The summed E-state index contributed by atoms with van der Waals surface area (Å²) in [6, 6.07) is 10.1. The van der Waals surface area contributed by atoms with E-state index in [2.05, 4.69) is 9.47 Å². The average molecular weight is 348 g/mol. The van der Waals surface area contributed by atoms with Crippen molar-refractivity contribution in [3.8, 4) is 22.6 Å². The van der Waals surface area contributed by atoms with Crippen LogP contribution in [-0.4, -0.2) is 24.5 Å². The third-order valence-corrected chi connectivity index (χ3v) is 3.03. The highest BCUT2D eigenvalue weighted by Crippen LogP contribution is 2.37. The quantitative estimate of drug-likeness (QED) is 0.787. The molecular formula is C16H13F5O3. The van der Waals surface area contributed by atoms with Crippen LogP contribution in [-0.2, 0) is 6.61 Å². The third-order valence-electron chi connectivity index (χ3n) is 3.03. The smallest absolute Gasteiger partial charge is 0.484 e. The Labute approximate surface area is 134 Å². The van der Waals surface area contributed by atoms with E-state index in [-0.39, 0.29) is 6.61 Å². The van der Waals surface area contributed by atoms with Crippen LogP contribution in [0.15, 0.2) is 42.5 Å². The van der Waals surface area contributed by atoms with Gasteiger partial charge in [-0.1, -0.05) is 30.3 Å². The topological polar surface area (TPSA) is 38.7 Å². The molecule has 130 valence electrons. The van der Waals surface area contributed by atoms with Crippen molar-refractivity contribution in [3.63, 3.8) is 0 Å². The summed E-state index contributed by atoms with van der Waals surface area (Å²) in [5, 5.41) is 9.32. The Balaban J connectivity index is 2.42. The molecule has 8 heteroatoms. The maximum absolute atomic E-state index is 12.5. The van der Waals surface area contributed by atoms with Crippen LogP contribution in [0.25, 0.3) is 11.1 Å². The molecule has 0 aliphatic heterocycles. The van der Waals surface area contributed by atoms with Crippen LogP contribution < -0.4 is 9.47 Å². The first-order chi connectivity index (χ1) is 11.3. The second kappa shape index (κ2) is 7.48. The Kier molecular flexibility index (Phi) is 5.61. The van der Waals surface area contributed by atoms with Gasteiger partial charge in [0.2, 0.25) is 0 Å². The van der Waals surface area contributed by atoms with Crippen molar-refractivity contribution in [1.82, 2.24) is 0 Å². The molecule has 0 heterocycles. The van der Waals surface area contributed by atoms with E-state index in [1.807, 2.05) is 0 Å². The first-order valence-corrected chi connectivity index (χ1v) is 6.80. The zero-order valence-corrected chi connectivity index (χ0v) is 12.2. The van der Waals surface area contributed by atoms with Crippen LogP contribution in [0.4, 0.5) is 22.0 Å². The van der Waals surface area contributed by atoms with Gasteiger partial charge in [-0.15, -0.1) is 13.2 Å². The van der Waals surface area contributed by atoms with E-state index in [1.54, 1.807) is 24.3 Å². The van der Waals surface area contributed by atoms with E-state index >= 15 is 0 Å². The molecule has 2 aromatic carbocycles. The molecule has 24 heavy (non-hydrogen) atoms. The van der Waals surface area contributed by atoms with Gasteiger partial charge in [0.15, 0.2) is 11.5 Å². The number of aliphatic hydroxyl groups is 1. The Bertz CT molecular complexity index is 686. The molecule has 0 aliphatic rings. The van der Waals surface area contributed by atoms with Gasteiger partial charge in [0.1, 0.15) is 6.61 Å². The van der Waals surface area contributed by atoms with Gasteiger partial charge in [0.25, 0.3) is 6.43 Å². The van der Waals surface area contributed by atoms with Crippen molar-refractivity contribution in [2.45, 2.75) is 19.4 Å². The van der Waals surface area contributed by atoms with Crippen LogP contribution in [0.2, 0.25) is 0 Å². The van der Waals surface area contributed by atoms with Gasteiger partial charge in [-0.25, -0.2) is 8.78 Å². The molecule has 2 rings (SSSR count). The van der Waals surface area contributed by atoms with Gasteiger partial charge >= 0.3 is 6.36 Å². The number of hydrogen-bond donors (Lipinski definition) is 1. The maximum atomic E-state index is 12.5. The summed E-state index contributed by atoms with van der Waals surface area (Å²) >= 11 is 0. The second-order valence-electron chi connectivity index (χ2n) is 4.73. The van der Waals surface area contributed by atoms with Gasteiger partial charge in [-0.3, -0.25) is 0 Å². The Morgan fingerprint density at radius 1 is 1.00 bits per heavy atom. The highest BCUT2D eigenvalue weighted by atomic mass is 19.4. The molecular weight excluding hydrogens is 335 g/mol. The molecule has 0 atom stereocenters. The van der Waals surface area contributed by atoms with E-state index in [0.29, 0.717) is 16.7 Å². The first kappa shape index (κ1) is 18.0. The summed E-state index contributed by atoms with van der Waals surface area (Å²) in [6.07, 6.45) is -7.84. The molecule has 0 fully saturated rings. The molecule has 1 N–H and O–H groups in total. The fraction of sp³-hybridized carbons (Fsp3) is 0.250. The predicted molar refractivity (Wildman–Crippen MR) is 76.0 cm³/mol. The van der Waals surface area contributed by atoms with Crippen molar-refractivity contribution < 1.29 is 36.5 Å². The molecule has 0 saturated carbocycles. The minimum absolute atomic E-state index is 0.310. The van der Waals surface area contributed by atoms with Crippen LogP contribution in [0.5, 0.6) is 11.5 Å². The number of alkyl halides is 5. The summed E-state index contributed by atoms with van der Waals surface area (Å²) in [5.41, 5.74) is 1.31. The monoisotopic (exact) mass is 348 g/mol. The third kappa shape index (κ3) is 4.82. The highest BCUT2D eigenvalue weighted by molar-refractivity contribution is 5.70. The fourth-order valence-electron chi connectivity index (χ4n) is 2.09. The van der Waals surface area contributed by atoms with Gasteiger partial charge < -0.3 is 14.6 Å². The lowest BCUT2D eigenvalue weighted by atomic mass is 10.00. The van der Waals surface area contributed by atoms with E-state index in [1.165, 1.54) is 6.07 Å². The lowest BCUT2D eigenvalue weighted by molar-refractivity contribution is -0.275. The van der Waals surface area contributed by atoms with Crippen molar-refractivity contribution in [2.24, 2.45) is 0 Å². The predicted octanol–water partition coefficient (Wildman–Crippen LogP) is 4.39. The average Bonchev–Trinajstić information content (AvgIpc) is 2.52. The summed E-state index contributed by atoms with van der Waals surface area (Å²) in [7, 11) is 0. The summed E-state index contributed by atoms with van der Waals surface area (Å²) < 4.78 is 70.6. The lowest BCUT2D eigenvalue weighted by Gasteiger charge is -2.16. The molecule has 0 aromatic heterocycles. The maximum Gasteiger partial charge on any atom is 0.573 e. The van der Waals surface area contributed by atoms with Crippen molar-refractivity contribution in [3.05, 3.63) is 48.0 Å². The van der Waals surface area contributed by atoms with E-state index < -0.39 is 30.9 Å². The molecule has 0 amide bonds. The van der Waals surface area contributed by atoms with Crippen LogP contribution >= 0.6 is 0 Å². The second-order valence-corrected chi connectivity index (χ2v) is 4.73. The van der Waals surface area contributed by atoms with Crippen LogP contribution in [0.3, 0.4) is 0 Å². The zero-order chi connectivity index (χ0) is 17.7. The van der Waals surface area contributed by atoms with Gasteiger partial charge in [0, 0.05) is 0 Å². The fourth-order valence-corrected chi connectivity index (χ4v) is 2.09. The minimum atomic E-state index is -5.00. The number of ether oxygens (including phenoxy) is 2. The first-order valence-electron chi connectivity index (χ1n) is 6.80. The van der Waals surface area contributed by atoms with Gasteiger partial charge in [0.05, 0.1) is 6.61 Å². The number of halogens is 5. The SMILES string of the molecule is OCc1ccccc1-c1ccc(OCC(F)F)c(OC(F)(F)F)c1. The Morgan fingerprint density at radius 2 is 1.71 bits per heavy atom. The van der Waals surface area contributed by atoms with Gasteiger partial charge in [-0.05, 0) is 28.8 Å². The van der Waals surface area contributed by atoms with E-state index in [0.717, 1.165) is 12.1 Å². The molecule has 0 aliphatic carbocycles. The van der Waals surface area contributed by atoms with Crippen LogP contribution in [0, 0.1) is 0 Å². The molecule has 0 bridgehead atoms. The molecule has 2 aromatic rings. The van der Waals surface area contributed by atoms with Crippen molar-refractivity contribution >= 4 is 0 Å². The molecule has 0 spiro atoms. The summed E-state index contributed by atoms with van der Waals surface area (Å²) in [6.45, 7) is -1.37. The summed E-state index contributed by atoms with van der Waals surface area (Å²) in [4.78, 5) is 0. The van der Waals surface area contributed by atoms with Gasteiger partial charge in [-0.2, -0.15) is 0 Å². The lowest BCUT2D eigenvalue weighted by Crippen LogP contribution is -2.18. The van der Waals surface area contributed by atoms with Crippen LogP contribution in [0.1, 0.15) is 5.56 Å². The van der Waals surface area contributed by atoms with Crippen molar-refractivity contribution in [2.75, 3.05) is 6.61 Å². The minimum Gasteiger partial charge on any atom is -0.484 e. The molecule has 0 radical (unpaired) electrons. The largest absolute Gasteiger partial charge is 0.573 e. The standard InChI is InChI=1S/C16H13F5O3/c17-15(18)9-23-13-6-5-10(7-14(13)24-16(19,20)21)12-4-2-1-3-11(12)8-22/h1-7,15,22H,8-9H2. The Hall–Kier alpha value is -2.35. The highest BCUT2D eigenvalue weighted by Gasteiger charge is 2.33.